The fourth-order valence-corrected chi connectivity index (χ4v) is 5.93. The minimum Gasteiger partial charge on any atom is -0.460 e. The minimum atomic E-state index is -3.38. The average Bonchev–Trinajstić information content (AvgIpc) is 2.89. The molecule has 0 amide bonds. The van der Waals surface area contributed by atoms with Gasteiger partial charge in [-0.05, 0) is 63.7 Å². The van der Waals surface area contributed by atoms with E-state index in [1.807, 2.05) is 0 Å². The van der Waals surface area contributed by atoms with Gasteiger partial charge in [-0.15, -0.1) is 4.40 Å². The first-order chi connectivity index (χ1) is 9.56. The lowest BCUT2D eigenvalue weighted by Gasteiger charge is -2.47. The molecule has 5 aliphatic rings. The molecule has 0 radical (unpaired) electrons. The molecule has 0 aromatic heterocycles. The number of sulfonamides is 1. The van der Waals surface area contributed by atoms with Crippen molar-refractivity contribution in [3.8, 4) is 0 Å². The third-order valence-electron chi connectivity index (χ3n) is 5.71. The highest BCUT2D eigenvalue weighted by atomic mass is 32.2. The van der Waals surface area contributed by atoms with Crippen LogP contribution in [0.5, 0.6) is 0 Å². The van der Waals surface area contributed by atoms with Crippen LogP contribution in [0.15, 0.2) is 4.40 Å². The van der Waals surface area contributed by atoms with E-state index in [0.29, 0.717) is 6.42 Å². The van der Waals surface area contributed by atoms with Crippen LogP contribution in [0.3, 0.4) is 0 Å². The van der Waals surface area contributed by atoms with Crippen LogP contribution in [0.1, 0.15) is 57.8 Å². The van der Waals surface area contributed by atoms with Crippen molar-refractivity contribution < 1.29 is 13.2 Å². The van der Waals surface area contributed by atoms with Crippen LogP contribution in [0.4, 0.5) is 0 Å². The van der Waals surface area contributed by atoms with Crippen molar-refractivity contribution in [2.24, 2.45) is 10.3 Å². The standard InChI is InChI=1S/C14H22N2O3S/c17-20(18)12-3-1-2-11(12)19-13(16-20)15-14-7-4-10(5-8-14)6-9-14/h10-12H,1-9H2,(H,15,16). The average molecular weight is 298 g/mol. The first-order valence-corrected chi connectivity index (χ1v) is 9.35. The largest absolute Gasteiger partial charge is 0.460 e. The molecule has 112 valence electrons. The third kappa shape index (κ3) is 2.03. The van der Waals surface area contributed by atoms with Crippen molar-refractivity contribution in [1.29, 1.82) is 0 Å². The van der Waals surface area contributed by atoms with Crippen molar-refractivity contribution in [1.82, 2.24) is 5.32 Å². The van der Waals surface area contributed by atoms with Crippen molar-refractivity contribution in [3.05, 3.63) is 0 Å². The van der Waals surface area contributed by atoms with Gasteiger partial charge in [0.2, 0.25) is 0 Å². The fraction of sp³-hybridized carbons (Fsp3) is 0.929. The van der Waals surface area contributed by atoms with Crippen LogP contribution in [0.25, 0.3) is 0 Å². The molecule has 4 saturated carbocycles. The van der Waals surface area contributed by atoms with Crippen molar-refractivity contribution in [2.45, 2.75) is 74.7 Å². The summed E-state index contributed by atoms with van der Waals surface area (Å²) in [4.78, 5) is 0. The zero-order valence-corrected chi connectivity index (χ0v) is 12.5. The first-order valence-electron chi connectivity index (χ1n) is 7.85. The number of nitrogens with one attached hydrogen (secondary N) is 1. The number of nitrogens with zero attached hydrogens (tertiary/aromatic N) is 1. The van der Waals surface area contributed by atoms with Gasteiger partial charge in [0.1, 0.15) is 11.4 Å². The van der Waals surface area contributed by atoms with Gasteiger partial charge in [-0.2, -0.15) is 0 Å². The summed E-state index contributed by atoms with van der Waals surface area (Å²) in [6.07, 6.45) is 9.37. The molecule has 0 aromatic rings. The number of amidine groups is 1. The van der Waals surface area contributed by atoms with E-state index in [4.69, 9.17) is 4.74 Å². The van der Waals surface area contributed by atoms with Crippen LogP contribution < -0.4 is 5.32 Å². The maximum absolute atomic E-state index is 12.2. The van der Waals surface area contributed by atoms with E-state index in [1.165, 1.54) is 19.3 Å². The van der Waals surface area contributed by atoms with Crippen LogP contribution in [0.2, 0.25) is 0 Å². The summed E-state index contributed by atoms with van der Waals surface area (Å²) in [5, 5.41) is 2.97. The molecule has 0 saturated heterocycles. The SMILES string of the molecule is O=S1(=O)N=C(NC23CCC(CC2)CC3)OC2CCCC21. The van der Waals surface area contributed by atoms with Gasteiger partial charge >= 0.3 is 6.02 Å². The molecule has 20 heavy (non-hydrogen) atoms. The number of fused-ring (bicyclic) bond motifs is 4. The maximum Gasteiger partial charge on any atom is 0.301 e. The highest BCUT2D eigenvalue weighted by Gasteiger charge is 2.46. The van der Waals surface area contributed by atoms with Crippen molar-refractivity contribution >= 4 is 16.0 Å². The van der Waals surface area contributed by atoms with E-state index < -0.39 is 15.3 Å². The number of hydrogen-bond donors (Lipinski definition) is 1. The summed E-state index contributed by atoms with van der Waals surface area (Å²) < 4.78 is 34.2. The lowest BCUT2D eigenvalue weighted by Crippen LogP contribution is -2.56. The molecule has 2 bridgehead atoms. The summed E-state index contributed by atoms with van der Waals surface area (Å²) in [5.41, 5.74) is 0.0363. The Labute approximate surface area is 120 Å². The number of hydrogen-bond acceptors (Lipinski definition) is 4. The molecule has 2 unspecified atom stereocenters. The van der Waals surface area contributed by atoms with Gasteiger partial charge in [-0.3, -0.25) is 0 Å². The lowest BCUT2D eigenvalue weighted by molar-refractivity contribution is 0.104. The lowest BCUT2D eigenvalue weighted by atomic mass is 9.66. The van der Waals surface area contributed by atoms with E-state index in [0.717, 1.165) is 38.0 Å². The Morgan fingerprint density at radius 2 is 1.80 bits per heavy atom. The second-order valence-electron chi connectivity index (χ2n) is 6.92. The molecule has 0 spiro atoms. The van der Waals surface area contributed by atoms with E-state index in [1.54, 1.807) is 0 Å². The molecular formula is C14H22N2O3S. The van der Waals surface area contributed by atoms with E-state index in [9.17, 15) is 8.42 Å². The minimum absolute atomic E-state index is 0.0363. The predicted octanol–water partition coefficient (Wildman–Crippen LogP) is 1.94. The van der Waals surface area contributed by atoms with Gasteiger partial charge in [-0.25, -0.2) is 8.42 Å². The summed E-state index contributed by atoms with van der Waals surface area (Å²) >= 11 is 0. The first kappa shape index (κ1) is 12.9. The van der Waals surface area contributed by atoms with Crippen LogP contribution in [0, 0.1) is 5.92 Å². The molecule has 4 fully saturated rings. The molecule has 5 nitrogen and oxygen atoms in total. The predicted molar refractivity (Wildman–Crippen MR) is 75.9 cm³/mol. The monoisotopic (exact) mass is 298 g/mol. The summed E-state index contributed by atoms with van der Waals surface area (Å²) in [7, 11) is -3.38. The maximum atomic E-state index is 12.2. The highest BCUT2D eigenvalue weighted by Crippen LogP contribution is 2.44. The molecular weight excluding hydrogens is 276 g/mol. The van der Waals surface area contributed by atoms with E-state index in [-0.39, 0.29) is 17.7 Å². The molecule has 0 aromatic carbocycles. The van der Waals surface area contributed by atoms with E-state index >= 15 is 0 Å². The Balaban J connectivity index is 1.57. The van der Waals surface area contributed by atoms with Gasteiger partial charge < -0.3 is 10.1 Å². The Hall–Kier alpha value is -0.780. The summed E-state index contributed by atoms with van der Waals surface area (Å²) in [6.45, 7) is 0. The van der Waals surface area contributed by atoms with Crippen LogP contribution in [-0.4, -0.2) is 31.3 Å². The van der Waals surface area contributed by atoms with Crippen molar-refractivity contribution in [3.63, 3.8) is 0 Å². The summed E-state index contributed by atoms with van der Waals surface area (Å²) in [6, 6.07) is 0.272. The topological polar surface area (TPSA) is 67.8 Å². The van der Waals surface area contributed by atoms with Crippen LogP contribution in [-0.2, 0) is 14.8 Å². The molecule has 4 aliphatic carbocycles. The Morgan fingerprint density at radius 3 is 2.50 bits per heavy atom. The third-order valence-corrected chi connectivity index (χ3v) is 7.44. The molecule has 5 rings (SSSR count). The molecule has 1 N–H and O–H groups in total. The van der Waals surface area contributed by atoms with Gasteiger partial charge in [0, 0.05) is 5.54 Å². The number of ether oxygens (including phenoxy) is 1. The van der Waals surface area contributed by atoms with Crippen molar-refractivity contribution in [2.75, 3.05) is 0 Å². The molecule has 1 heterocycles. The van der Waals surface area contributed by atoms with Crippen LogP contribution >= 0.6 is 0 Å². The summed E-state index contributed by atoms with van der Waals surface area (Å²) in [5.74, 6) is 0.885. The second-order valence-corrected chi connectivity index (χ2v) is 8.74. The Morgan fingerprint density at radius 1 is 1.10 bits per heavy atom. The Bertz CT molecular complexity index is 521. The fourth-order valence-electron chi connectivity index (χ4n) is 4.43. The second kappa shape index (κ2) is 4.36. The number of rotatable bonds is 1. The van der Waals surface area contributed by atoms with Gasteiger partial charge in [0.05, 0.1) is 0 Å². The molecule has 6 heteroatoms. The van der Waals surface area contributed by atoms with Gasteiger partial charge in [-0.1, -0.05) is 0 Å². The Kier molecular flexibility index (Phi) is 2.81. The van der Waals surface area contributed by atoms with Gasteiger partial charge in [0.15, 0.2) is 0 Å². The van der Waals surface area contributed by atoms with E-state index in [2.05, 4.69) is 9.71 Å². The quantitative estimate of drug-likeness (QED) is 0.803. The molecule has 2 atom stereocenters. The normalized spacial score (nSPS) is 45.4. The zero-order chi connectivity index (χ0) is 13.8. The highest BCUT2D eigenvalue weighted by molar-refractivity contribution is 7.91. The molecule has 1 aliphatic heterocycles. The smallest absolute Gasteiger partial charge is 0.301 e. The van der Waals surface area contributed by atoms with Gasteiger partial charge in [0.25, 0.3) is 10.0 Å². The zero-order valence-electron chi connectivity index (χ0n) is 11.7.